The molecule has 0 spiro atoms. The number of hydrogen-bond acceptors (Lipinski definition) is 4. The summed E-state index contributed by atoms with van der Waals surface area (Å²) in [7, 11) is 1.54. The van der Waals surface area contributed by atoms with Crippen molar-refractivity contribution >= 4 is 5.91 Å². The second-order valence-corrected chi connectivity index (χ2v) is 4.01. The van der Waals surface area contributed by atoms with Crippen LogP contribution in [0.1, 0.15) is 10.5 Å². The van der Waals surface area contributed by atoms with Crippen molar-refractivity contribution in [2.45, 2.75) is 0 Å². The van der Waals surface area contributed by atoms with Gasteiger partial charge in [-0.15, -0.1) is 0 Å². The van der Waals surface area contributed by atoms with Crippen LogP contribution in [-0.4, -0.2) is 41.3 Å². The lowest BCUT2D eigenvalue weighted by Gasteiger charge is -2.12. The Morgan fingerprint density at radius 2 is 2.21 bits per heavy atom. The molecular formula is C13H13FN2O3. The van der Waals surface area contributed by atoms with Gasteiger partial charge in [-0.25, -0.2) is 4.39 Å². The van der Waals surface area contributed by atoms with Gasteiger partial charge in [-0.05, 0) is 12.1 Å². The molecule has 0 radical (unpaired) electrons. The Morgan fingerprint density at radius 3 is 2.89 bits per heavy atom. The molecule has 19 heavy (non-hydrogen) atoms. The SMILES string of the molecule is CN(CCO)C(=O)c1cc(-c2ccccc2F)on1. The van der Waals surface area contributed by atoms with E-state index in [1.54, 1.807) is 18.2 Å². The highest BCUT2D eigenvalue weighted by atomic mass is 19.1. The van der Waals surface area contributed by atoms with Gasteiger partial charge in [0.25, 0.3) is 5.91 Å². The number of aliphatic hydroxyl groups is 1. The lowest BCUT2D eigenvalue weighted by Crippen LogP contribution is -2.29. The topological polar surface area (TPSA) is 66.6 Å². The normalized spacial score (nSPS) is 10.5. The van der Waals surface area contributed by atoms with E-state index in [2.05, 4.69) is 5.16 Å². The molecule has 1 amide bonds. The largest absolute Gasteiger partial charge is 0.395 e. The predicted molar refractivity (Wildman–Crippen MR) is 65.9 cm³/mol. The van der Waals surface area contributed by atoms with Crippen LogP contribution in [-0.2, 0) is 0 Å². The molecular weight excluding hydrogens is 251 g/mol. The molecule has 2 rings (SSSR count). The van der Waals surface area contributed by atoms with Gasteiger partial charge < -0.3 is 14.5 Å². The standard InChI is InChI=1S/C13H13FN2O3/c1-16(6-7-17)13(18)11-8-12(19-15-11)9-4-2-3-5-10(9)14/h2-5,8,17H,6-7H2,1H3. The molecule has 1 aromatic carbocycles. The molecule has 0 aliphatic rings. The summed E-state index contributed by atoms with van der Waals surface area (Å²) in [5, 5.41) is 12.4. The quantitative estimate of drug-likeness (QED) is 0.909. The highest BCUT2D eigenvalue weighted by Crippen LogP contribution is 2.23. The van der Waals surface area contributed by atoms with Crippen LogP contribution >= 0.6 is 0 Å². The summed E-state index contributed by atoms with van der Waals surface area (Å²) < 4.78 is 18.5. The number of likely N-dealkylation sites (N-methyl/N-ethyl adjacent to an activating group) is 1. The first-order valence-corrected chi connectivity index (χ1v) is 5.71. The van der Waals surface area contributed by atoms with Crippen LogP contribution in [0.3, 0.4) is 0 Å². The monoisotopic (exact) mass is 264 g/mol. The van der Waals surface area contributed by atoms with Crippen LogP contribution in [0.15, 0.2) is 34.9 Å². The van der Waals surface area contributed by atoms with Crippen molar-refractivity contribution in [2.75, 3.05) is 20.2 Å². The van der Waals surface area contributed by atoms with Crippen molar-refractivity contribution < 1.29 is 18.8 Å². The number of aromatic nitrogens is 1. The van der Waals surface area contributed by atoms with Crippen LogP contribution in [0.25, 0.3) is 11.3 Å². The number of carbonyl (C=O) groups is 1. The molecule has 0 unspecified atom stereocenters. The van der Waals surface area contributed by atoms with E-state index in [0.29, 0.717) is 0 Å². The van der Waals surface area contributed by atoms with Crippen molar-refractivity contribution in [3.8, 4) is 11.3 Å². The lowest BCUT2D eigenvalue weighted by atomic mass is 10.1. The molecule has 2 aromatic rings. The van der Waals surface area contributed by atoms with Crippen molar-refractivity contribution in [2.24, 2.45) is 0 Å². The third kappa shape index (κ3) is 2.79. The summed E-state index contributed by atoms with van der Waals surface area (Å²) in [6.45, 7) is 0.0565. The average molecular weight is 264 g/mol. The first-order valence-electron chi connectivity index (χ1n) is 5.71. The van der Waals surface area contributed by atoms with Crippen molar-refractivity contribution in [1.29, 1.82) is 0 Å². The summed E-state index contributed by atoms with van der Waals surface area (Å²) in [6, 6.07) is 7.46. The fourth-order valence-corrected chi connectivity index (χ4v) is 1.61. The molecule has 0 atom stereocenters. The van der Waals surface area contributed by atoms with Gasteiger partial charge in [-0.1, -0.05) is 17.3 Å². The number of aliphatic hydroxyl groups excluding tert-OH is 1. The molecule has 0 saturated carbocycles. The highest BCUT2D eigenvalue weighted by Gasteiger charge is 2.18. The number of nitrogens with zero attached hydrogens (tertiary/aromatic N) is 2. The Morgan fingerprint density at radius 1 is 1.47 bits per heavy atom. The van der Waals surface area contributed by atoms with Gasteiger partial charge in [0.2, 0.25) is 0 Å². The van der Waals surface area contributed by atoms with Gasteiger partial charge in [0, 0.05) is 19.7 Å². The predicted octanol–water partition coefficient (Wildman–Crippen LogP) is 1.54. The van der Waals surface area contributed by atoms with Gasteiger partial charge in [0.15, 0.2) is 11.5 Å². The minimum Gasteiger partial charge on any atom is -0.395 e. The Balaban J connectivity index is 2.25. The summed E-state index contributed by atoms with van der Waals surface area (Å²) in [4.78, 5) is 13.2. The molecule has 0 bridgehead atoms. The highest BCUT2D eigenvalue weighted by molar-refractivity contribution is 5.92. The fraction of sp³-hybridized carbons (Fsp3) is 0.231. The maximum absolute atomic E-state index is 13.5. The number of amides is 1. The minimum absolute atomic E-state index is 0.0780. The van der Waals surface area contributed by atoms with E-state index in [1.807, 2.05) is 0 Å². The van der Waals surface area contributed by atoms with Gasteiger partial charge in [-0.3, -0.25) is 4.79 Å². The molecule has 0 saturated heterocycles. The summed E-state index contributed by atoms with van der Waals surface area (Å²) in [5.41, 5.74) is 0.327. The Kier molecular flexibility index (Phi) is 3.91. The summed E-state index contributed by atoms with van der Waals surface area (Å²) >= 11 is 0. The summed E-state index contributed by atoms with van der Waals surface area (Å²) in [6.07, 6.45) is 0. The van der Waals surface area contributed by atoms with Crippen molar-refractivity contribution in [3.05, 3.63) is 41.8 Å². The smallest absolute Gasteiger partial charge is 0.275 e. The van der Waals surface area contributed by atoms with Gasteiger partial charge in [-0.2, -0.15) is 0 Å². The van der Waals surface area contributed by atoms with Gasteiger partial charge in [0.05, 0.1) is 12.2 Å². The van der Waals surface area contributed by atoms with Crippen LogP contribution in [0.4, 0.5) is 4.39 Å². The van der Waals surface area contributed by atoms with E-state index in [-0.39, 0.29) is 36.1 Å². The fourth-order valence-electron chi connectivity index (χ4n) is 1.61. The molecule has 0 fully saturated rings. The number of carbonyl (C=O) groups excluding carboxylic acids is 1. The zero-order chi connectivity index (χ0) is 13.8. The molecule has 6 heteroatoms. The third-order valence-electron chi connectivity index (χ3n) is 2.65. The maximum Gasteiger partial charge on any atom is 0.275 e. The van der Waals surface area contributed by atoms with E-state index in [0.717, 1.165) is 0 Å². The Labute approximate surface area is 109 Å². The molecule has 1 N–H and O–H groups in total. The number of hydrogen-bond donors (Lipinski definition) is 1. The molecule has 100 valence electrons. The van der Waals surface area contributed by atoms with Gasteiger partial charge in [0.1, 0.15) is 5.82 Å². The van der Waals surface area contributed by atoms with Crippen LogP contribution in [0, 0.1) is 5.82 Å². The van der Waals surface area contributed by atoms with E-state index >= 15 is 0 Å². The zero-order valence-electron chi connectivity index (χ0n) is 10.3. The van der Waals surface area contributed by atoms with Crippen molar-refractivity contribution in [3.63, 3.8) is 0 Å². The van der Waals surface area contributed by atoms with Crippen LogP contribution < -0.4 is 0 Å². The first kappa shape index (κ1) is 13.2. The Hall–Kier alpha value is -2.21. The minimum atomic E-state index is -0.443. The number of halogens is 1. The maximum atomic E-state index is 13.5. The molecule has 1 aromatic heterocycles. The van der Waals surface area contributed by atoms with E-state index in [9.17, 15) is 9.18 Å². The van der Waals surface area contributed by atoms with Gasteiger partial charge >= 0.3 is 0 Å². The third-order valence-corrected chi connectivity index (χ3v) is 2.65. The van der Waals surface area contributed by atoms with E-state index in [1.165, 1.54) is 24.1 Å². The molecule has 1 heterocycles. The van der Waals surface area contributed by atoms with E-state index in [4.69, 9.17) is 9.63 Å². The van der Waals surface area contributed by atoms with Crippen LogP contribution in [0.5, 0.6) is 0 Å². The molecule has 5 nitrogen and oxygen atoms in total. The average Bonchev–Trinajstić information content (AvgIpc) is 2.88. The number of rotatable bonds is 4. The molecule has 0 aliphatic heterocycles. The first-order chi connectivity index (χ1) is 9.13. The zero-order valence-corrected chi connectivity index (χ0v) is 10.3. The van der Waals surface area contributed by atoms with Crippen molar-refractivity contribution in [1.82, 2.24) is 10.1 Å². The Bertz CT molecular complexity index is 583. The second-order valence-electron chi connectivity index (χ2n) is 4.01. The number of benzene rings is 1. The summed E-state index contributed by atoms with van der Waals surface area (Å²) in [5.74, 6) is -0.638. The van der Waals surface area contributed by atoms with Crippen LogP contribution in [0.2, 0.25) is 0 Å². The second kappa shape index (κ2) is 5.62. The molecule has 0 aliphatic carbocycles. The lowest BCUT2D eigenvalue weighted by molar-refractivity contribution is 0.0757. The van der Waals surface area contributed by atoms with E-state index < -0.39 is 5.82 Å².